The van der Waals surface area contributed by atoms with Crippen molar-refractivity contribution in [1.82, 2.24) is 0 Å². The van der Waals surface area contributed by atoms with Crippen LogP contribution in [-0.2, 0) is 10.0 Å². The van der Waals surface area contributed by atoms with E-state index in [9.17, 15) is 12.8 Å². The highest BCUT2D eigenvalue weighted by Crippen LogP contribution is 2.23. The largest absolute Gasteiger partial charge is 0.281 e. The summed E-state index contributed by atoms with van der Waals surface area (Å²) in [5.74, 6) is -0.615. The molecule has 0 spiro atoms. The van der Waals surface area contributed by atoms with Gasteiger partial charge in [0.2, 0.25) is 10.0 Å². The van der Waals surface area contributed by atoms with E-state index in [-0.39, 0.29) is 15.9 Å². The predicted octanol–water partition coefficient (Wildman–Crippen LogP) is 2.74. The quantitative estimate of drug-likeness (QED) is 0.928. The minimum atomic E-state index is -3.43. The molecule has 1 N–H and O–H groups in total. The maximum absolute atomic E-state index is 13.4. The molecule has 0 bridgehead atoms. The third-order valence-electron chi connectivity index (χ3n) is 1.69. The monoisotopic (exact) mass is 295 g/mol. The van der Waals surface area contributed by atoms with E-state index in [0.717, 1.165) is 0 Å². The second-order valence-corrected chi connectivity index (χ2v) is 5.72. The molecule has 0 atom stereocenters. The smallest absolute Gasteiger partial charge is 0.232 e. The Labute approximate surface area is 96.9 Å². The van der Waals surface area contributed by atoms with Crippen LogP contribution in [-0.4, -0.2) is 14.2 Å². The highest BCUT2D eigenvalue weighted by molar-refractivity contribution is 9.10. The maximum Gasteiger partial charge on any atom is 0.232 e. The summed E-state index contributed by atoms with van der Waals surface area (Å²) in [7, 11) is -3.43. The summed E-state index contributed by atoms with van der Waals surface area (Å²) < 4.78 is 38.6. The molecule has 15 heavy (non-hydrogen) atoms. The minimum Gasteiger partial charge on any atom is -0.281 e. The number of sulfonamides is 1. The van der Waals surface area contributed by atoms with Crippen molar-refractivity contribution in [2.24, 2.45) is 0 Å². The number of nitrogens with one attached hydrogen (secondary N) is 1. The number of halogens is 2. The summed E-state index contributed by atoms with van der Waals surface area (Å²) in [5.41, 5.74) is -0.0298. The standard InChI is InChI=1S/C9H11BrFNO2S/c1-2-6-15(13,14)12-8-5-3-4-7(10)9(8)11/h3-5,12H,2,6H2,1H3. The Balaban J connectivity index is 2.95. The van der Waals surface area contributed by atoms with E-state index in [0.29, 0.717) is 6.42 Å². The van der Waals surface area contributed by atoms with Crippen LogP contribution >= 0.6 is 15.9 Å². The van der Waals surface area contributed by atoms with E-state index in [4.69, 9.17) is 0 Å². The zero-order valence-electron chi connectivity index (χ0n) is 8.13. The molecular formula is C9H11BrFNO2S. The van der Waals surface area contributed by atoms with Crippen molar-refractivity contribution in [3.05, 3.63) is 28.5 Å². The molecule has 3 nitrogen and oxygen atoms in total. The second-order valence-electron chi connectivity index (χ2n) is 3.02. The molecule has 6 heteroatoms. The summed E-state index contributed by atoms with van der Waals surface area (Å²) in [6.45, 7) is 1.75. The molecule has 0 aromatic heterocycles. The lowest BCUT2D eigenvalue weighted by Gasteiger charge is -2.08. The molecule has 0 fully saturated rings. The molecule has 0 radical (unpaired) electrons. The molecule has 1 rings (SSSR count). The lowest BCUT2D eigenvalue weighted by molar-refractivity contribution is 0.596. The van der Waals surface area contributed by atoms with Gasteiger partial charge in [-0.15, -0.1) is 0 Å². The Morgan fingerprint density at radius 3 is 2.73 bits per heavy atom. The fraction of sp³-hybridized carbons (Fsp3) is 0.333. The van der Waals surface area contributed by atoms with Crippen molar-refractivity contribution in [3.8, 4) is 0 Å². The summed E-state index contributed by atoms with van der Waals surface area (Å²) in [6.07, 6.45) is 0.491. The average Bonchev–Trinajstić information content (AvgIpc) is 2.12. The molecular weight excluding hydrogens is 285 g/mol. The lowest BCUT2D eigenvalue weighted by Crippen LogP contribution is -2.17. The van der Waals surface area contributed by atoms with E-state index in [1.165, 1.54) is 12.1 Å². The third kappa shape index (κ3) is 3.46. The SMILES string of the molecule is CCCS(=O)(=O)Nc1cccc(Br)c1F. The van der Waals surface area contributed by atoms with Crippen LogP contribution in [0.3, 0.4) is 0 Å². The first-order chi connectivity index (χ1) is 6.96. The van der Waals surface area contributed by atoms with Gasteiger partial charge >= 0.3 is 0 Å². The van der Waals surface area contributed by atoms with Crippen LogP contribution < -0.4 is 4.72 Å². The van der Waals surface area contributed by atoms with Crippen molar-refractivity contribution in [1.29, 1.82) is 0 Å². The highest BCUT2D eigenvalue weighted by atomic mass is 79.9. The van der Waals surface area contributed by atoms with Gasteiger partial charge in [0, 0.05) is 0 Å². The third-order valence-corrected chi connectivity index (χ3v) is 3.78. The van der Waals surface area contributed by atoms with E-state index < -0.39 is 15.8 Å². The molecule has 0 saturated heterocycles. The Kier molecular flexibility index (Phi) is 4.10. The zero-order chi connectivity index (χ0) is 11.5. The normalized spacial score (nSPS) is 11.4. The van der Waals surface area contributed by atoms with E-state index in [2.05, 4.69) is 20.7 Å². The number of rotatable bonds is 4. The summed E-state index contributed by atoms with van der Waals surface area (Å²) in [4.78, 5) is 0. The molecule has 0 amide bonds. The van der Waals surface area contributed by atoms with E-state index in [1.807, 2.05) is 0 Å². The van der Waals surface area contributed by atoms with Gasteiger partial charge in [-0.05, 0) is 34.5 Å². The van der Waals surface area contributed by atoms with Gasteiger partial charge in [0.25, 0.3) is 0 Å². The van der Waals surface area contributed by atoms with Crippen molar-refractivity contribution < 1.29 is 12.8 Å². The molecule has 0 aliphatic heterocycles. The van der Waals surface area contributed by atoms with Crippen molar-refractivity contribution >= 4 is 31.6 Å². The first kappa shape index (κ1) is 12.4. The first-order valence-corrected chi connectivity index (χ1v) is 6.85. The van der Waals surface area contributed by atoms with Gasteiger partial charge in [-0.25, -0.2) is 12.8 Å². The summed E-state index contributed by atoms with van der Waals surface area (Å²) >= 11 is 2.98. The van der Waals surface area contributed by atoms with Crippen LogP contribution in [0.2, 0.25) is 0 Å². The maximum atomic E-state index is 13.4. The fourth-order valence-corrected chi connectivity index (χ4v) is 2.57. The Morgan fingerprint density at radius 2 is 2.13 bits per heavy atom. The number of anilines is 1. The van der Waals surface area contributed by atoms with Gasteiger partial charge in [-0.3, -0.25) is 4.72 Å². The van der Waals surface area contributed by atoms with Gasteiger partial charge in [-0.1, -0.05) is 13.0 Å². The van der Waals surface area contributed by atoms with E-state index >= 15 is 0 Å². The molecule has 0 aliphatic rings. The predicted molar refractivity (Wildman–Crippen MR) is 61.8 cm³/mol. The van der Waals surface area contributed by atoms with Crippen LogP contribution in [0.5, 0.6) is 0 Å². The van der Waals surface area contributed by atoms with Crippen molar-refractivity contribution in [2.75, 3.05) is 10.5 Å². The van der Waals surface area contributed by atoms with Gasteiger partial charge < -0.3 is 0 Å². The number of benzene rings is 1. The van der Waals surface area contributed by atoms with Crippen LogP contribution in [0, 0.1) is 5.82 Å². The first-order valence-electron chi connectivity index (χ1n) is 4.41. The Hall–Kier alpha value is -0.620. The summed E-state index contributed by atoms with van der Waals surface area (Å²) in [6, 6.07) is 4.46. The van der Waals surface area contributed by atoms with Crippen LogP contribution in [0.15, 0.2) is 22.7 Å². The van der Waals surface area contributed by atoms with Crippen LogP contribution in [0.4, 0.5) is 10.1 Å². The molecule has 1 aromatic carbocycles. The van der Waals surface area contributed by atoms with Crippen molar-refractivity contribution in [2.45, 2.75) is 13.3 Å². The average molecular weight is 296 g/mol. The Bertz CT molecular complexity index is 447. The molecule has 1 aromatic rings. The molecule has 0 aliphatic carbocycles. The van der Waals surface area contributed by atoms with E-state index in [1.54, 1.807) is 13.0 Å². The molecule has 0 saturated carbocycles. The minimum absolute atomic E-state index is 0.0149. The number of hydrogen-bond donors (Lipinski definition) is 1. The van der Waals surface area contributed by atoms with Gasteiger partial charge in [0.1, 0.15) is 0 Å². The Morgan fingerprint density at radius 1 is 1.47 bits per heavy atom. The topological polar surface area (TPSA) is 46.2 Å². The summed E-state index contributed by atoms with van der Waals surface area (Å²) in [5, 5.41) is 0. The second kappa shape index (κ2) is 4.94. The van der Waals surface area contributed by atoms with Crippen LogP contribution in [0.25, 0.3) is 0 Å². The van der Waals surface area contributed by atoms with Gasteiger partial charge in [0.05, 0.1) is 15.9 Å². The lowest BCUT2D eigenvalue weighted by atomic mass is 10.3. The van der Waals surface area contributed by atoms with Gasteiger partial charge in [0.15, 0.2) is 5.82 Å². The van der Waals surface area contributed by atoms with Crippen LogP contribution in [0.1, 0.15) is 13.3 Å². The molecule has 0 heterocycles. The molecule has 0 unspecified atom stereocenters. The molecule has 84 valence electrons. The van der Waals surface area contributed by atoms with Crippen molar-refractivity contribution in [3.63, 3.8) is 0 Å². The zero-order valence-corrected chi connectivity index (χ0v) is 10.5. The van der Waals surface area contributed by atoms with Gasteiger partial charge in [-0.2, -0.15) is 0 Å². The number of hydrogen-bond acceptors (Lipinski definition) is 2. The highest BCUT2D eigenvalue weighted by Gasteiger charge is 2.13. The fourth-order valence-electron chi connectivity index (χ4n) is 1.07.